The molecule has 0 aromatic rings. The van der Waals surface area contributed by atoms with Crippen LogP contribution in [0.4, 0.5) is 0 Å². The molecule has 0 bridgehead atoms. The van der Waals surface area contributed by atoms with Crippen LogP contribution < -0.4 is 0 Å². The Balaban J connectivity index is 2.44. The monoisotopic (exact) mass is 95.0 g/mol. The molecule has 0 saturated heterocycles. The summed E-state index contributed by atoms with van der Waals surface area (Å²) >= 11 is 0. The average Bonchev–Trinajstić information content (AvgIpc) is 2.14. The Morgan fingerprint density at radius 1 is 1.29 bits per heavy atom. The summed E-state index contributed by atoms with van der Waals surface area (Å²) in [7, 11) is 0. The van der Waals surface area contributed by atoms with Gasteiger partial charge in [-0.05, 0) is 0 Å². The fraction of sp³-hybridized carbons (Fsp3) is 0.167. The Morgan fingerprint density at radius 2 is 1.86 bits per heavy atom. The van der Waals surface area contributed by atoms with Crippen LogP contribution in [-0.4, -0.2) is 5.11 Å². The van der Waals surface area contributed by atoms with Crippen LogP contribution in [0.3, 0.4) is 0 Å². The van der Waals surface area contributed by atoms with Gasteiger partial charge in [0.2, 0.25) is 0 Å². The summed E-state index contributed by atoms with van der Waals surface area (Å²) in [5.74, 6) is 0.167. The summed E-state index contributed by atoms with van der Waals surface area (Å²) < 4.78 is 0. The van der Waals surface area contributed by atoms with Crippen LogP contribution in [-0.2, 0) is 0 Å². The van der Waals surface area contributed by atoms with Crippen molar-refractivity contribution in [1.29, 1.82) is 0 Å². The molecule has 0 heterocycles. The Hall–Kier alpha value is -0.560. The normalized spacial score (nSPS) is 19.0. The fourth-order valence-electron chi connectivity index (χ4n) is 0.548. The maximum Gasteiger partial charge on any atom is 0.0905 e. The predicted molar refractivity (Wildman–Crippen MR) is 28.0 cm³/mol. The molecule has 1 aliphatic rings. The standard InChI is InChI=1S/C6H7O/c7-5-6-3-1-2-4-6/h1-7H. The highest BCUT2D eigenvalue weighted by molar-refractivity contribution is 5.19. The van der Waals surface area contributed by atoms with Gasteiger partial charge >= 0.3 is 0 Å². The van der Waals surface area contributed by atoms with Crippen LogP contribution in [0.5, 0.6) is 0 Å². The minimum absolute atomic E-state index is 0.167. The third kappa shape index (κ3) is 0.904. The van der Waals surface area contributed by atoms with E-state index in [1.165, 1.54) is 6.61 Å². The van der Waals surface area contributed by atoms with E-state index in [2.05, 4.69) is 0 Å². The summed E-state index contributed by atoms with van der Waals surface area (Å²) in [5.41, 5.74) is 0. The molecule has 37 valence electrons. The lowest BCUT2D eigenvalue weighted by Gasteiger charge is -1.92. The summed E-state index contributed by atoms with van der Waals surface area (Å²) in [6, 6.07) is 0. The number of hydrogen-bond acceptors (Lipinski definition) is 1. The molecule has 0 saturated carbocycles. The zero-order chi connectivity index (χ0) is 5.11. The lowest BCUT2D eigenvalue weighted by molar-refractivity contribution is 0.363. The number of rotatable bonds is 1. The molecule has 0 atom stereocenters. The highest BCUT2D eigenvalue weighted by Gasteiger charge is 1.98. The highest BCUT2D eigenvalue weighted by atomic mass is 16.3. The number of aliphatic hydroxyl groups is 1. The van der Waals surface area contributed by atoms with E-state index in [1.54, 1.807) is 0 Å². The highest BCUT2D eigenvalue weighted by Crippen LogP contribution is 2.08. The van der Waals surface area contributed by atoms with Crippen molar-refractivity contribution in [3.63, 3.8) is 0 Å². The predicted octanol–water partition coefficient (Wildman–Crippen LogP) is 1.26. The Morgan fingerprint density at radius 3 is 2.14 bits per heavy atom. The smallest absolute Gasteiger partial charge is 0.0905 e. The number of hydrogen-bond donors (Lipinski definition) is 1. The van der Waals surface area contributed by atoms with Crippen molar-refractivity contribution in [3.05, 3.63) is 30.9 Å². The van der Waals surface area contributed by atoms with Gasteiger partial charge in [-0.15, -0.1) is 0 Å². The first kappa shape index (κ1) is 4.60. The van der Waals surface area contributed by atoms with Gasteiger partial charge in [0, 0.05) is 5.92 Å². The van der Waals surface area contributed by atoms with E-state index in [0.717, 1.165) is 0 Å². The molecular weight excluding hydrogens is 88.1 g/mol. The third-order valence-corrected chi connectivity index (χ3v) is 0.950. The van der Waals surface area contributed by atoms with Gasteiger partial charge in [0.25, 0.3) is 0 Å². The van der Waals surface area contributed by atoms with Gasteiger partial charge in [0.1, 0.15) is 0 Å². The fourth-order valence-corrected chi connectivity index (χ4v) is 0.548. The van der Waals surface area contributed by atoms with Gasteiger partial charge in [-0.1, -0.05) is 24.3 Å². The molecule has 1 aliphatic carbocycles. The number of allylic oxidation sites excluding steroid dienone is 2. The van der Waals surface area contributed by atoms with Gasteiger partial charge in [-0.25, -0.2) is 0 Å². The van der Waals surface area contributed by atoms with Gasteiger partial charge in [-0.3, -0.25) is 0 Å². The van der Waals surface area contributed by atoms with Gasteiger partial charge in [0.05, 0.1) is 6.61 Å². The van der Waals surface area contributed by atoms with Crippen molar-refractivity contribution in [1.82, 2.24) is 0 Å². The van der Waals surface area contributed by atoms with Crippen LogP contribution in [0.25, 0.3) is 0 Å². The van der Waals surface area contributed by atoms with Crippen LogP contribution in [0.1, 0.15) is 0 Å². The third-order valence-electron chi connectivity index (χ3n) is 0.950. The van der Waals surface area contributed by atoms with Crippen LogP contribution in [0.15, 0.2) is 24.3 Å². The second kappa shape index (κ2) is 1.94. The second-order valence-electron chi connectivity index (χ2n) is 1.50. The summed E-state index contributed by atoms with van der Waals surface area (Å²) in [6.45, 7) is 1.17. The second-order valence-corrected chi connectivity index (χ2v) is 1.50. The van der Waals surface area contributed by atoms with Gasteiger partial charge in [-0.2, -0.15) is 0 Å². The van der Waals surface area contributed by atoms with E-state index in [0.29, 0.717) is 0 Å². The Bertz CT molecular complexity index is 90.7. The van der Waals surface area contributed by atoms with Crippen molar-refractivity contribution in [2.75, 3.05) is 0 Å². The Labute approximate surface area is 43.0 Å². The van der Waals surface area contributed by atoms with Crippen molar-refractivity contribution in [2.24, 2.45) is 5.92 Å². The van der Waals surface area contributed by atoms with Gasteiger partial charge in [0.15, 0.2) is 0 Å². The molecule has 1 N–H and O–H groups in total. The van der Waals surface area contributed by atoms with Crippen LogP contribution in [0.2, 0.25) is 0 Å². The van der Waals surface area contributed by atoms with E-state index >= 15 is 0 Å². The first-order valence-electron chi connectivity index (χ1n) is 2.26. The van der Waals surface area contributed by atoms with Crippen molar-refractivity contribution >= 4 is 0 Å². The summed E-state index contributed by atoms with van der Waals surface area (Å²) in [5, 5.41) is 8.34. The molecular formula is C6H7O. The summed E-state index contributed by atoms with van der Waals surface area (Å²) in [6.07, 6.45) is 7.66. The quantitative estimate of drug-likeness (QED) is 0.520. The molecule has 0 fully saturated rings. The number of aliphatic hydroxyl groups excluding tert-OH is 1. The molecule has 0 unspecified atom stereocenters. The van der Waals surface area contributed by atoms with E-state index in [4.69, 9.17) is 5.11 Å². The topological polar surface area (TPSA) is 20.2 Å². The minimum Gasteiger partial charge on any atom is -0.389 e. The van der Waals surface area contributed by atoms with E-state index in [-0.39, 0.29) is 5.92 Å². The van der Waals surface area contributed by atoms with E-state index < -0.39 is 0 Å². The first-order chi connectivity index (χ1) is 3.43. The molecule has 1 rings (SSSR count). The van der Waals surface area contributed by atoms with Crippen molar-refractivity contribution < 1.29 is 5.11 Å². The lowest BCUT2D eigenvalue weighted by atomic mass is 10.2. The maximum atomic E-state index is 8.34. The van der Waals surface area contributed by atoms with E-state index in [1.807, 2.05) is 24.3 Å². The molecule has 0 aromatic carbocycles. The first-order valence-corrected chi connectivity index (χ1v) is 2.26. The van der Waals surface area contributed by atoms with E-state index in [9.17, 15) is 0 Å². The molecule has 0 amide bonds. The van der Waals surface area contributed by atoms with Gasteiger partial charge < -0.3 is 5.11 Å². The zero-order valence-electron chi connectivity index (χ0n) is 3.91. The Kier molecular flexibility index (Phi) is 1.27. The SMILES string of the molecule is O[CH]C1C=CC=C1. The molecule has 1 nitrogen and oxygen atoms in total. The molecule has 0 aromatic heterocycles. The minimum atomic E-state index is 0.167. The molecule has 1 heteroatoms. The van der Waals surface area contributed by atoms with Crippen molar-refractivity contribution in [3.8, 4) is 0 Å². The largest absolute Gasteiger partial charge is 0.389 e. The molecule has 0 aliphatic heterocycles. The lowest BCUT2D eigenvalue weighted by Crippen LogP contribution is -1.85. The molecule has 7 heavy (non-hydrogen) atoms. The van der Waals surface area contributed by atoms with Crippen LogP contribution in [0, 0.1) is 12.5 Å². The molecule has 1 radical (unpaired) electrons. The van der Waals surface area contributed by atoms with Crippen LogP contribution >= 0.6 is 0 Å². The summed E-state index contributed by atoms with van der Waals surface area (Å²) in [4.78, 5) is 0. The zero-order valence-corrected chi connectivity index (χ0v) is 3.91. The molecule has 0 spiro atoms. The average molecular weight is 95.1 g/mol. The maximum absolute atomic E-state index is 8.34. The van der Waals surface area contributed by atoms with Crippen molar-refractivity contribution in [2.45, 2.75) is 0 Å².